The van der Waals surface area contributed by atoms with Crippen LogP contribution in [0.15, 0.2) is 0 Å². The van der Waals surface area contributed by atoms with Crippen LogP contribution in [-0.4, -0.2) is 45.1 Å². The third kappa shape index (κ3) is 2.92. The molecule has 2 aliphatic heterocycles. The van der Waals surface area contributed by atoms with E-state index in [4.69, 9.17) is 0 Å². The van der Waals surface area contributed by atoms with E-state index in [1.165, 1.54) is 6.42 Å². The maximum atomic E-state index is 11.4. The van der Waals surface area contributed by atoms with Crippen LogP contribution in [0.3, 0.4) is 0 Å². The number of hydrogen-bond acceptors (Lipinski definition) is 4. The number of rotatable bonds is 3. The monoisotopic (exact) mass is 232 g/mol. The fourth-order valence-electron chi connectivity index (χ4n) is 2.43. The minimum absolute atomic E-state index is 0.179. The molecule has 2 unspecified atom stereocenters. The van der Waals surface area contributed by atoms with E-state index in [1.807, 2.05) is 6.92 Å². The van der Waals surface area contributed by atoms with E-state index in [9.17, 15) is 8.42 Å². The zero-order chi connectivity index (χ0) is 10.9. The van der Waals surface area contributed by atoms with Gasteiger partial charge in [0.25, 0.3) is 0 Å². The highest BCUT2D eigenvalue weighted by molar-refractivity contribution is 7.91. The maximum Gasteiger partial charge on any atom is 0.152 e. The lowest BCUT2D eigenvalue weighted by Gasteiger charge is -2.25. The highest BCUT2D eigenvalue weighted by atomic mass is 32.2. The summed E-state index contributed by atoms with van der Waals surface area (Å²) < 4.78 is 22.8. The minimum Gasteiger partial charge on any atom is -0.316 e. The van der Waals surface area contributed by atoms with Gasteiger partial charge in [-0.25, -0.2) is 8.42 Å². The first-order valence-electron chi connectivity index (χ1n) is 5.65. The van der Waals surface area contributed by atoms with Gasteiger partial charge in [0.1, 0.15) is 0 Å². The molecule has 2 heterocycles. The second kappa shape index (κ2) is 4.03. The molecule has 2 saturated heterocycles. The first kappa shape index (κ1) is 11.4. The molecule has 15 heavy (non-hydrogen) atoms. The summed E-state index contributed by atoms with van der Waals surface area (Å²) in [5, 5.41) is 6.75. The molecule has 0 saturated carbocycles. The van der Waals surface area contributed by atoms with Gasteiger partial charge < -0.3 is 10.6 Å². The van der Waals surface area contributed by atoms with Crippen LogP contribution >= 0.6 is 0 Å². The number of nitrogens with one attached hydrogen (secondary N) is 2. The van der Waals surface area contributed by atoms with Gasteiger partial charge >= 0.3 is 0 Å². The lowest BCUT2D eigenvalue weighted by Crippen LogP contribution is -2.45. The van der Waals surface area contributed by atoms with E-state index in [-0.39, 0.29) is 5.54 Å². The van der Waals surface area contributed by atoms with E-state index in [1.54, 1.807) is 0 Å². The molecule has 0 spiro atoms. The second-order valence-electron chi connectivity index (χ2n) is 5.14. The lowest BCUT2D eigenvalue weighted by molar-refractivity contribution is 0.362. The predicted octanol–water partition coefficient (Wildman–Crippen LogP) is -0.237. The topological polar surface area (TPSA) is 58.2 Å². The Morgan fingerprint density at radius 3 is 2.87 bits per heavy atom. The fraction of sp³-hybridized carbons (Fsp3) is 1.00. The first-order valence-corrected chi connectivity index (χ1v) is 7.47. The van der Waals surface area contributed by atoms with E-state index in [0.29, 0.717) is 17.4 Å². The zero-order valence-corrected chi connectivity index (χ0v) is 10.1. The van der Waals surface area contributed by atoms with Gasteiger partial charge in [0.2, 0.25) is 0 Å². The van der Waals surface area contributed by atoms with Crippen LogP contribution in [0.4, 0.5) is 0 Å². The van der Waals surface area contributed by atoms with Crippen LogP contribution in [0, 0.1) is 5.92 Å². The Morgan fingerprint density at radius 2 is 2.33 bits per heavy atom. The average molecular weight is 232 g/mol. The van der Waals surface area contributed by atoms with Gasteiger partial charge in [0, 0.05) is 5.54 Å². The molecular formula is C10H20N2O2S. The Bertz CT molecular complexity index is 322. The van der Waals surface area contributed by atoms with Gasteiger partial charge in [-0.1, -0.05) is 0 Å². The van der Waals surface area contributed by atoms with E-state index in [2.05, 4.69) is 10.6 Å². The fourth-order valence-corrected chi connectivity index (χ4v) is 4.55. The quantitative estimate of drug-likeness (QED) is 0.705. The average Bonchev–Trinajstić information content (AvgIpc) is 2.71. The van der Waals surface area contributed by atoms with Crippen molar-refractivity contribution in [3.63, 3.8) is 0 Å². The molecule has 5 heteroatoms. The van der Waals surface area contributed by atoms with Crippen molar-refractivity contribution in [2.75, 3.05) is 31.1 Å². The summed E-state index contributed by atoms with van der Waals surface area (Å²) in [6.07, 6.45) is 1.96. The summed E-state index contributed by atoms with van der Waals surface area (Å²) in [4.78, 5) is 0. The largest absolute Gasteiger partial charge is 0.316 e. The number of hydrogen-bond donors (Lipinski definition) is 2. The summed E-state index contributed by atoms with van der Waals surface area (Å²) >= 11 is 0. The van der Waals surface area contributed by atoms with Crippen molar-refractivity contribution in [3.8, 4) is 0 Å². The summed E-state index contributed by atoms with van der Waals surface area (Å²) in [6, 6.07) is 0. The molecular weight excluding hydrogens is 212 g/mol. The summed E-state index contributed by atoms with van der Waals surface area (Å²) in [7, 11) is -2.78. The normalized spacial score (nSPS) is 39.7. The molecule has 2 fully saturated rings. The molecule has 0 radical (unpaired) electrons. The summed E-state index contributed by atoms with van der Waals surface area (Å²) in [5.41, 5.74) is -0.179. The smallest absolute Gasteiger partial charge is 0.152 e. The second-order valence-corrected chi connectivity index (χ2v) is 7.33. The summed E-state index contributed by atoms with van der Waals surface area (Å²) in [6.45, 7) is 5.14. The van der Waals surface area contributed by atoms with Crippen LogP contribution < -0.4 is 10.6 Å². The van der Waals surface area contributed by atoms with E-state index < -0.39 is 9.84 Å². The Morgan fingerprint density at radius 1 is 1.53 bits per heavy atom. The molecule has 2 aliphatic rings. The van der Waals surface area contributed by atoms with Crippen molar-refractivity contribution >= 4 is 9.84 Å². The van der Waals surface area contributed by atoms with Crippen LogP contribution in [0.25, 0.3) is 0 Å². The Kier molecular flexibility index (Phi) is 3.05. The predicted molar refractivity (Wildman–Crippen MR) is 60.7 cm³/mol. The van der Waals surface area contributed by atoms with Gasteiger partial charge in [0.05, 0.1) is 11.5 Å². The third-order valence-electron chi connectivity index (χ3n) is 3.48. The van der Waals surface area contributed by atoms with Crippen molar-refractivity contribution in [1.82, 2.24) is 10.6 Å². The Labute approximate surface area is 91.7 Å². The van der Waals surface area contributed by atoms with Crippen LogP contribution in [-0.2, 0) is 9.84 Å². The minimum atomic E-state index is -2.78. The van der Waals surface area contributed by atoms with Crippen molar-refractivity contribution < 1.29 is 8.42 Å². The van der Waals surface area contributed by atoms with Crippen LogP contribution in [0.1, 0.15) is 19.8 Å². The molecule has 2 rings (SSSR count). The van der Waals surface area contributed by atoms with E-state index >= 15 is 0 Å². The standard InChI is InChI=1S/C10H20N2O2S/c1-10(3-5-15(13,14)8-10)12-7-9-2-4-11-6-9/h9,11-12H,2-8H2,1H3. The summed E-state index contributed by atoms with van der Waals surface area (Å²) in [5.74, 6) is 1.32. The molecule has 0 bridgehead atoms. The van der Waals surface area contributed by atoms with Crippen molar-refractivity contribution in [3.05, 3.63) is 0 Å². The molecule has 4 nitrogen and oxygen atoms in total. The molecule has 0 aromatic heterocycles. The van der Waals surface area contributed by atoms with Crippen LogP contribution in [0.2, 0.25) is 0 Å². The van der Waals surface area contributed by atoms with Crippen LogP contribution in [0.5, 0.6) is 0 Å². The van der Waals surface area contributed by atoms with Crippen molar-refractivity contribution in [2.45, 2.75) is 25.3 Å². The van der Waals surface area contributed by atoms with Gasteiger partial charge in [-0.3, -0.25) is 0 Å². The SMILES string of the molecule is CC1(NCC2CCNC2)CCS(=O)(=O)C1. The molecule has 0 amide bonds. The molecule has 0 aliphatic carbocycles. The van der Waals surface area contributed by atoms with Gasteiger partial charge in [-0.05, 0) is 45.3 Å². The first-order chi connectivity index (χ1) is 6.99. The molecule has 88 valence electrons. The van der Waals surface area contributed by atoms with Crippen molar-refractivity contribution in [1.29, 1.82) is 0 Å². The molecule has 2 atom stereocenters. The zero-order valence-electron chi connectivity index (χ0n) is 9.25. The molecule has 0 aromatic carbocycles. The van der Waals surface area contributed by atoms with Crippen molar-refractivity contribution in [2.24, 2.45) is 5.92 Å². The van der Waals surface area contributed by atoms with Gasteiger partial charge in [-0.15, -0.1) is 0 Å². The molecule has 0 aromatic rings. The number of sulfone groups is 1. The third-order valence-corrected chi connectivity index (χ3v) is 5.39. The highest BCUT2D eigenvalue weighted by Crippen LogP contribution is 2.23. The Hall–Kier alpha value is -0.130. The highest BCUT2D eigenvalue weighted by Gasteiger charge is 2.38. The van der Waals surface area contributed by atoms with Gasteiger partial charge in [0.15, 0.2) is 9.84 Å². The Balaban J connectivity index is 1.83. The van der Waals surface area contributed by atoms with Gasteiger partial charge in [-0.2, -0.15) is 0 Å². The molecule has 2 N–H and O–H groups in total. The maximum absolute atomic E-state index is 11.4. The lowest BCUT2D eigenvalue weighted by atomic mass is 10.00. The van der Waals surface area contributed by atoms with E-state index in [0.717, 1.165) is 26.1 Å².